The Balaban J connectivity index is 1.57. The molecule has 4 rings (SSSR count). The average molecular weight is 426 g/mol. The van der Waals surface area contributed by atoms with Gasteiger partial charge in [0.05, 0.1) is 25.4 Å². The van der Waals surface area contributed by atoms with Gasteiger partial charge in [0.1, 0.15) is 6.04 Å². The van der Waals surface area contributed by atoms with E-state index in [-0.39, 0.29) is 37.6 Å². The highest BCUT2D eigenvalue weighted by Crippen LogP contribution is 2.47. The van der Waals surface area contributed by atoms with Crippen molar-refractivity contribution in [1.82, 2.24) is 9.80 Å². The third kappa shape index (κ3) is 4.22. The highest BCUT2D eigenvalue weighted by atomic mass is 19.4. The zero-order valence-electron chi connectivity index (χ0n) is 17.0. The number of benzene rings is 1. The number of morpholine rings is 1. The number of hydrogen-bond donors (Lipinski definition) is 1. The molecule has 30 heavy (non-hydrogen) atoms. The minimum atomic E-state index is -4.36. The van der Waals surface area contributed by atoms with Gasteiger partial charge in [-0.3, -0.25) is 9.69 Å². The number of likely N-dealkylation sites (tertiary alicyclic amines) is 1. The van der Waals surface area contributed by atoms with E-state index < -0.39 is 24.4 Å². The average Bonchev–Trinajstić information content (AvgIpc) is 2.74. The maximum absolute atomic E-state index is 13.4. The Hall–Kier alpha value is -1.64. The molecule has 1 amide bonds. The van der Waals surface area contributed by atoms with Crippen molar-refractivity contribution >= 4 is 5.91 Å². The lowest BCUT2D eigenvalue weighted by Gasteiger charge is -2.53. The van der Waals surface area contributed by atoms with Crippen molar-refractivity contribution in [2.24, 2.45) is 5.92 Å². The van der Waals surface area contributed by atoms with Crippen molar-refractivity contribution in [1.29, 1.82) is 0 Å². The van der Waals surface area contributed by atoms with Gasteiger partial charge in [-0.25, -0.2) is 0 Å². The number of alkyl halides is 3. The van der Waals surface area contributed by atoms with E-state index in [0.717, 1.165) is 31.2 Å². The molecule has 4 atom stereocenters. The molecular formula is C22H29F3N2O3. The van der Waals surface area contributed by atoms with Crippen LogP contribution in [0.1, 0.15) is 37.7 Å². The van der Waals surface area contributed by atoms with Crippen molar-refractivity contribution in [2.75, 3.05) is 32.8 Å². The van der Waals surface area contributed by atoms with Crippen molar-refractivity contribution in [2.45, 2.75) is 56.0 Å². The number of rotatable bonds is 3. The summed E-state index contributed by atoms with van der Waals surface area (Å²) in [6.07, 6.45) is -0.491. The Morgan fingerprint density at radius 1 is 1.17 bits per heavy atom. The van der Waals surface area contributed by atoms with Gasteiger partial charge in [-0.05, 0) is 24.8 Å². The Kier molecular flexibility index (Phi) is 6.10. The highest BCUT2D eigenvalue weighted by molar-refractivity contribution is 5.82. The molecule has 2 aliphatic heterocycles. The molecule has 166 valence electrons. The van der Waals surface area contributed by atoms with Crippen LogP contribution in [0.5, 0.6) is 0 Å². The number of carbonyl (C=O) groups is 1. The van der Waals surface area contributed by atoms with Gasteiger partial charge in [0.25, 0.3) is 0 Å². The minimum Gasteiger partial charge on any atom is -0.385 e. The van der Waals surface area contributed by atoms with E-state index in [2.05, 4.69) is 0 Å². The first-order valence-corrected chi connectivity index (χ1v) is 10.8. The fourth-order valence-electron chi connectivity index (χ4n) is 5.52. The molecule has 3 fully saturated rings. The van der Waals surface area contributed by atoms with E-state index in [0.29, 0.717) is 13.0 Å². The second kappa shape index (κ2) is 8.48. The standard InChI is InChI=1S/C22H29F3N2O3/c23-22(24,25)15-26-12-13-30-14-19(26)20(28)27-11-10-21(29,16-6-2-1-3-7-16)17-8-4-5-9-18(17)27/h1-3,6-7,17-19,29H,4-5,8-15H2/t17-,18+,19-,21?/m0/s1. The zero-order chi connectivity index (χ0) is 21.4. The van der Waals surface area contributed by atoms with Gasteiger partial charge in [-0.1, -0.05) is 43.2 Å². The molecular weight excluding hydrogens is 397 g/mol. The van der Waals surface area contributed by atoms with Crippen LogP contribution in [0.15, 0.2) is 30.3 Å². The second-order valence-corrected chi connectivity index (χ2v) is 8.71. The highest BCUT2D eigenvalue weighted by Gasteiger charge is 2.51. The van der Waals surface area contributed by atoms with E-state index in [1.54, 1.807) is 4.90 Å². The Bertz CT molecular complexity index is 745. The molecule has 1 N–H and O–H groups in total. The molecule has 0 bridgehead atoms. The molecule has 2 heterocycles. The summed E-state index contributed by atoms with van der Waals surface area (Å²) in [6.45, 7) is -0.512. The van der Waals surface area contributed by atoms with Gasteiger partial charge in [0.2, 0.25) is 5.91 Å². The molecule has 3 aliphatic rings. The summed E-state index contributed by atoms with van der Waals surface area (Å²) in [5.74, 6) is -0.419. The fraction of sp³-hybridized carbons (Fsp3) is 0.682. The zero-order valence-corrected chi connectivity index (χ0v) is 17.0. The minimum absolute atomic E-state index is 0.0221. The number of amides is 1. The van der Waals surface area contributed by atoms with E-state index in [1.807, 2.05) is 30.3 Å². The molecule has 0 radical (unpaired) electrons. The number of ether oxygens (including phenoxy) is 1. The van der Waals surface area contributed by atoms with Gasteiger partial charge in [0.15, 0.2) is 0 Å². The van der Waals surface area contributed by atoms with Crippen molar-refractivity contribution in [3.05, 3.63) is 35.9 Å². The van der Waals surface area contributed by atoms with Crippen LogP contribution in [0.3, 0.4) is 0 Å². The van der Waals surface area contributed by atoms with Crippen LogP contribution in [0.2, 0.25) is 0 Å². The van der Waals surface area contributed by atoms with E-state index in [1.165, 1.54) is 4.90 Å². The predicted octanol–water partition coefficient (Wildman–Crippen LogP) is 2.93. The maximum Gasteiger partial charge on any atom is 0.401 e. The van der Waals surface area contributed by atoms with E-state index in [4.69, 9.17) is 4.74 Å². The fourth-order valence-corrected chi connectivity index (χ4v) is 5.52. The smallest absolute Gasteiger partial charge is 0.385 e. The van der Waals surface area contributed by atoms with Gasteiger partial charge in [0, 0.05) is 25.0 Å². The normalized spacial score (nSPS) is 33.2. The number of hydrogen-bond acceptors (Lipinski definition) is 4. The second-order valence-electron chi connectivity index (χ2n) is 8.71. The van der Waals surface area contributed by atoms with Crippen LogP contribution < -0.4 is 0 Å². The summed E-state index contributed by atoms with van der Waals surface area (Å²) >= 11 is 0. The van der Waals surface area contributed by atoms with Crippen molar-refractivity contribution in [3.8, 4) is 0 Å². The summed E-state index contributed by atoms with van der Waals surface area (Å²) in [4.78, 5) is 16.3. The number of aliphatic hydroxyl groups is 1. The third-order valence-corrected chi connectivity index (χ3v) is 6.94. The monoisotopic (exact) mass is 426 g/mol. The maximum atomic E-state index is 13.4. The molecule has 1 unspecified atom stereocenters. The van der Waals surface area contributed by atoms with E-state index in [9.17, 15) is 23.1 Å². The molecule has 1 aliphatic carbocycles. The molecule has 1 saturated carbocycles. The SMILES string of the molecule is O=C([C@@H]1COCCN1CC(F)(F)F)N1CCC(O)(c2ccccc2)[C@H]2CCCC[C@H]21. The van der Waals surface area contributed by atoms with Crippen LogP contribution in [0, 0.1) is 5.92 Å². The van der Waals surface area contributed by atoms with Crippen LogP contribution in [-0.4, -0.2) is 71.9 Å². The van der Waals surface area contributed by atoms with Gasteiger partial charge >= 0.3 is 6.18 Å². The molecule has 1 aromatic carbocycles. The van der Waals surface area contributed by atoms with Crippen LogP contribution in [0.4, 0.5) is 13.2 Å². The molecule has 0 spiro atoms. The van der Waals surface area contributed by atoms with Crippen molar-refractivity contribution < 1.29 is 27.8 Å². The summed E-state index contributed by atoms with van der Waals surface area (Å²) < 4.78 is 44.5. The number of carbonyl (C=O) groups excluding carboxylic acids is 1. The van der Waals surface area contributed by atoms with Gasteiger partial charge in [-0.15, -0.1) is 0 Å². The predicted molar refractivity (Wildman–Crippen MR) is 105 cm³/mol. The number of halogens is 3. The van der Waals surface area contributed by atoms with Crippen LogP contribution in [0.25, 0.3) is 0 Å². The first kappa shape index (κ1) is 21.6. The summed E-state index contributed by atoms with van der Waals surface area (Å²) in [5.41, 5.74) is -0.161. The van der Waals surface area contributed by atoms with Crippen molar-refractivity contribution in [3.63, 3.8) is 0 Å². The third-order valence-electron chi connectivity index (χ3n) is 6.94. The topological polar surface area (TPSA) is 53.0 Å². The van der Waals surface area contributed by atoms with E-state index >= 15 is 0 Å². The first-order chi connectivity index (χ1) is 14.3. The summed E-state index contributed by atoms with van der Waals surface area (Å²) in [5, 5.41) is 11.6. The quantitative estimate of drug-likeness (QED) is 0.808. The largest absolute Gasteiger partial charge is 0.401 e. The lowest BCUT2D eigenvalue weighted by molar-refractivity contribution is -0.179. The molecule has 1 aromatic rings. The van der Waals surface area contributed by atoms with Gasteiger partial charge in [-0.2, -0.15) is 13.2 Å². The Morgan fingerprint density at radius 3 is 2.63 bits per heavy atom. The lowest BCUT2D eigenvalue weighted by Crippen LogP contribution is -2.64. The number of fused-ring (bicyclic) bond motifs is 1. The molecule has 2 saturated heterocycles. The van der Waals surface area contributed by atoms with Crippen LogP contribution in [-0.2, 0) is 15.1 Å². The molecule has 5 nitrogen and oxygen atoms in total. The Labute approximate surface area is 174 Å². The molecule has 0 aromatic heterocycles. The van der Waals surface area contributed by atoms with Crippen LogP contribution >= 0.6 is 0 Å². The first-order valence-electron chi connectivity index (χ1n) is 10.8. The summed E-state index contributed by atoms with van der Waals surface area (Å²) in [6, 6.07) is 8.45. The Morgan fingerprint density at radius 2 is 1.90 bits per heavy atom. The lowest BCUT2D eigenvalue weighted by atomic mass is 9.66. The number of piperidine rings is 1. The molecule has 8 heteroatoms. The number of nitrogens with zero attached hydrogens (tertiary/aromatic N) is 2. The van der Waals surface area contributed by atoms with Gasteiger partial charge < -0.3 is 14.7 Å². The summed E-state index contributed by atoms with van der Waals surface area (Å²) in [7, 11) is 0.